The number of pyridine rings is 2. The molecule has 0 bridgehead atoms. The Bertz CT molecular complexity index is 1820. The number of rotatable bonds is 2. The first-order valence-corrected chi connectivity index (χ1v) is 9.93. The smallest absolute Gasteiger partial charge is 0.227 e. The zero-order valence-electron chi connectivity index (χ0n) is 22.4. The molecule has 3 heteroatoms. The summed E-state index contributed by atoms with van der Waals surface area (Å²) in [4.78, 5) is 8.82. The predicted molar refractivity (Wildman–Crippen MR) is 127 cm³/mol. The summed E-state index contributed by atoms with van der Waals surface area (Å²) >= 11 is 0. The lowest BCUT2D eigenvalue weighted by molar-refractivity contribution is 0.653. The second-order valence-corrected chi connectivity index (χ2v) is 7.47. The summed E-state index contributed by atoms with van der Waals surface area (Å²) < 4.78 is 53.5. The van der Waals surface area contributed by atoms with E-state index in [2.05, 4.69) is 9.97 Å². The van der Waals surface area contributed by atoms with Crippen molar-refractivity contribution in [2.24, 2.45) is 0 Å². The molecule has 3 aromatic carbocycles. The van der Waals surface area contributed by atoms with Crippen LogP contribution in [0.2, 0.25) is 0 Å². The van der Waals surface area contributed by atoms with E-state index in [1.807, 2.05) is 60.7 Å². The van der Waals surface area contributed by atoms with E-state index in [0.29, 0.717) is 27.8 Å². The quantitative estimate of drug-likeness (QED) is 0.299. The molecule has 0 aliphatic carbocycles. The van der Waals surface area contributed by atoms with Crippen molar-refractivity contribution in [2.75, 3.05) is 0 Å². The number of hydrogen-bond acceptors (Lipinski definition) is 3. The van der Waals surface area contributed by atoms with Crippen LogP contribution >= 0.6 is 0 Å². The van der Waals surface area contributed by atoms with E-state index in [1.54, 1.807) is 18.3 Å². The van der Waals surface area contributed by atoms with E-state index >= 15 is 0 Å². The molecule has 0 saturated carbocycles. The van der Waals surface area contributed by atoms with E-state index in [-0.39, 0.29) is 17.0 Å². The molecule has 31 heavy (non-hydrogen) atoms. The van der Waals surface area contributed by atoms with Crippen molar-refractivity contribution in [3.05, 3.63) is 96.3 Å². The summed E-state index contributed by atoms with van der Waals surface area (Å²) in [5.41, 5.74) is 3.68. The summed E-state index contributed by atoms with van der Waals surface area (Å²) in [5, 5.41) is 3.29. The second kappa shape index (κ2) is 6.78. The first-order valence-electron chi connectivity index (χ1n) is 12.9. The van der Waals surface area contributed by atoms with Crippen LogP contribution in [0.5, 0.6) is 0 Å². The van der Waals surface area contributed by atoms with Gasteiger partial charge in [-0.2, -0.15) is 0 Å². The van der Waals surface area contributed by atoms with Gasteiger partial charge in [0, 0.05) is 36.5 Å². The topological polar surface area (TPSA) is 38.9 Å². The van der Waals surface area contributed by atoms with Gasteiger partial charge in [-0.1, -0.05) is 48.5 Å². The highest BCUT2D eigenvalue weighted by molar-refractivity contribution is 6.08. The summed E-state index contributed by atoms with van der Waals surface area (Å²) in [6.45, 7) is -4.64. The van der Waals surface area contributed by atoms with E-state index in [9.17, 15) is 0 Å². The summed E-state index contributed by atoms with van der Waals surface area (Å²) in [6.07, 6.45) is 1.65. The summed E-state index contributed by atoms with van der Waals surface area (Å²) in [6, 6.07) is 23.7. The van der Waals surface area contributed by atoms with Crippen LogP contribution in [0.15, 0.2) is 89.5 Å². The van der Waals surface area contributed by atoms with Crippen molar-refractivity contribution in [1.29, 1.82) is 0 Å². The lowest BCUT2D eigenvalue weighted by Crippen LogP contribution is -1.89. The van der Waals surface area contributed by atoms with E-state index in [4.69, 9.17) is 12.6 Å². The number of para-hydroxylation sites is 1. The number of aryl methyl sites for hydroxylation is 2. The molecule has 0 aliphatic heterocycles. The van der Waals surface area contributed by atoms with Crippen LogP contribution in [0.3, 0.4) is 0 Å². The van der Waals surface area contributed by atoms with Crippen molar-refractivity contribution < 1.29 is 12.6 Å². The minimum absolute atomic E-state index is 0.0334. The highest BCUT2D eigenvalue weighted by Gasteiger charge is 2.15. The Morgan fingerprint density at radius 3 is 2.68 bits per heavy atom. The number of benzene rings is 3. The van der Waals surface area contributed by atoms with Gasteiger partial charge in [0.15, 0.2) is 0 Å². The van der Waals surface area contributed by atoms with Gasteiger partial charge in [0.25, 0.3) is 0 Å². The minimum atomic E-state index is -2.34. The van der Waals surface area contributed by atoms with Gasteiger partial charge < -0.3 is 4.42 Å². The molecule has 6 rings (SSSR count). The molecule has 0 atom stereocenters. The van der Waals surface area contributed by atoms with Gasteiger partial charge in [-0.3, -0.25) is 4.98 Å². The lowest BCUT2D eigenvalue weighted by atomic mass is 9.93. The molecule has 0 spiro atoms. The normalized spacial score (nSPS) is 15.2. The number of nitrogens with zero attached hydrogens (tertiary/aromatic N) is 2. The molecule has 0 unspecified atom stereocenters. The lowest BCUT2D eigenvalue weighted by Gasteiger charge is -2.12. The monoisotopic (exact) mass is 406 g/mol. The Balaban J connectivity index is 1.57. The van der Waals surface area contributed by atoms with Gasteiger partial charge in [-0.25, -0.2) is 4.98 Å². The van der Waals surface area contributed by atoms with Gasteiger partial charge in [-0.15, -0.1) is 0 Å². The van der Waals surface area contributed by atoms with Crippen LogP contribution in [0.1, 0.15) is 19.5 Å². The Hall–Kier alpha value is -3.98. The molecule has 3 heterocycles. The Kier molecular flexibility index (Phi) is 2.77. The van der Waals surface area contributed by atoms with E-state index in [0.717, 1.165) is 21.7 Å². The fraction of sp³-hybridized carbons (Fsp3) is 0.0714. The maximum absolute atomic E-state index is 8.14. The molecule has 0 fully saturated rings. The predicted octanol–water partition coefficient (Wildman–Crippen LogP) is 7.48. The third-order valence-electron chi connectivity index (χ3n) is 5.62. The summed E-state index contributed by atoms with van der Waals surface area (Å²) in [5.74, 6) is 0. The van der Waals surface area contributed by atoms with Crippen LogP contribution in [0, 0.1) is 13.7 Å². The second-order valence-electron chi connectivity index (χ2n) is 7.47. The molecule has 0 saturated heterocycles. The van der Waals surface area contributed by atoms with Crippen molar-refractivity contribution in [3.8, 4) is 22.4 Å². The van der Waals surface area contributed by atoms with Crippen LogP contribution in [0.25, 0.3) is 55.2 Å². The molecule has 0 aliphatic rings. The highest BCUT2D eigenvalue weighted by atomic mass is 16.3. The fourth-order valence-corrected chi connectivity index (χ4v) is 4.20. The van der Waals surface area contributed by atoms with E-state index < -0.39 is 13.7 Å². The van der Waals surface area contributed by atoms with Crippen LogP contribution < -0.4 is 0 Å². The van der Waals surface area contributed by atoms with Crippen LogP contribution in [0.4, 0.5) is 0 Å². The molecule has 0 radical (unpaired) electrons. The zero-order valence-corrected chi connectivity index (χ0v) is 16.4. The van der Waals surface area contributed by atoms with Crippen molar-refractivity contribution in [1.82, 2.24) is 9.97 Å². The fourth-order valence-electron chi connectivity index (χ4n) is 4.20. The van der Waals surface area contributed by atoms with Crippen molar-refractivity contribution >= 4 is 32.8 Å². The largest absolute Gasteiger partial charge is 0.437 e. The van der Waals surface area contributed by atoms with Gasteiger partial charge in [0.1, 0.15) is 5.58 Å². The Morgan fingerprint density at radius 2 is 1.74 bits per heavy atom. The van der Waals surface area contributed by atoms with Gasteiger partial charge >= 0.3 is 0 Å². The number of aromatic nitrogens is 2. The SMILES string of the molecule is [2H]C([2H])([2H])c1ccc2c(n1)oc1c(-c3cc(-c4c(C([2H])([2H])[2H])ccc5ccccc45)ccn3)cccc12. The highest BCUT2D eigenvalue weighted by Crippen LogP contribution is 2.37. The third kappa shape index (κ3) is 2.82. The average Bonchev–Trinajstić information content (AvgIpc) is 3.25. The third-order valence-corrected chi connectivity index (χ3v) is 5.62. The average molecular weight is 407 g/mol. The molecule has 6 aromatic rings. The first-order chi connectivity index (χ1) is 17.6. The molecular weight excluding hydrogens is 380 g/mol. The maximum Gasteiger partial charge on any atom is 0.227 e. The molecule has 0 amide bonds. The van der Waals surface area contributed by atoms with Crippen LogP contribution in [-0.2, 0) is 0 Å². The maximum atomic E-state index is 8.14. The van der Waals surface area contributed by atoms with Gasteiger partial charge in [0.05, 0.1) is 5.69 Å². The van der Waals surface area contributed by atoms with Crippen molar-refractivity contribution in [2.45, 2.75) is 13.7 Å². The number of fused-ring (bicyclic) bond motifs is 4. The minimum Gasteiger partial charge on any atom is -0.437 e. The number of hydrogen-bond donors (Lipinski definition) is 0. The molecular formula is C28H20N2O. The van der Waals surface area contributed by atoms with Gasteiger partial charge in [-0.05, 0) is 71.5 Å². The van der Waals surface area contributed by atoms with E-state index in [1.165, 1.54) is 6.07 Å². The molecule has 3 aromatic heterocycles. The molecule has 3 nitrogen and oxygen atoms in total. The Morgan fingerprint density at radius 1 is 0.806 bits per heavy atom. The molecule has 0 N–H and O–H groups in total. The molecule has 148 valence electrons. The van der Waals surface area contributed by atoms with Gasteiger partial charge in [0.2, 0.25) is 5.71 Å². The zero-order chi connectivity index (χ0) is 25.9. The van der Waals surface area contributed by atoms with Crippen LogP contribution in [-0.4, -0.2) is 9.97 Å². The summed E-state index contributed by atoms with van der Waals surface area (Å²) in [7, 11) is 0. The number of furan rings is 1. The Labute approximate surface area is 188 Å². The first kappa shape index (κ1) is 12.7. The van der Waals surface area contributed by atoms with Crippen molar-refractivity contribution in [3.63, 3.8) is 0 Å². The standard InChI is InChI=1S/C28H20N2O/c1-17-10-12-19-6-3-4-7-21(19)26(17)20-14-15-29-25(16-20)24-9-5-8-22-23-13-11-18(2)30-28(23)31-27(22)24/h3-16H,1-2H3/i1D3,2D3.